The highest BCUT2D eigenvalue weighted by atomic mass is 16.2. The van der Waals surface area contributed by atoms with Crippen LogP contribution in [0.2, 0.25) is 0 Å². The van der Waals surface area contributed by atoms with Gasteiger partial charge < -0.3 is 10.2 Å². The van der Waals surface area contributed by atoms with Crippen molar-refractivity contribution < 1.29 is 4.79 Å². The summed E-state index contributed by atoms with van der Waals surface area (Å²) in [5.41, 5.74) is 0.958. The quantitative estimate of drug-likeness (QED) is 0.807. The molecule has 1 amide bonds. The van der Waals surface area contributed by atoms with Crippen LogP contribution < -0.4 is 5.32 Å². The average Bonchev–Trinajstić information content (AvgIpc) is 2.30. The number of hydrogen-bond acceptors (Lipinski definition) is 2. The monoisotopic (exact) mass is 204 g/mol. The molecule has 0 aliphatic heterocycles. The van der Waals surface area contributed by atoms with E-state index in [1.54, 1.807) is 18.1 Å². The minimum Gasteiger partial charge on any atom is -0.366 e. The second kappa shape index (κ2) is 5.20. The highest BCUT2D eigenvalue weighted by Crippen LogP contribution is 2.19. The molecule has 80 valence electrons. The number of rotatable bonds is 4. The molecule has 1 rings (SSSR count). The van der Waals surface area contributed by atoms with Crippen molar-refractivity contribution in [3.05, 3.63) is 48.7 Å². The molecular formula is C12H16N2O. The molecule has 1 N–H and O–H groups in total. The molecule has 0 saturated carbocycles. The molecule has 0 spiro atoms. The van der Waals surface area contributed by atoms with Crippen LogP contribution in [0.4, 0.5) is 0 Å². The third-order valence-electron chi connectivity index (χ3n) is 2.31. The van der Waals surface area contributed by atoms with Gasteiger partial charge in [-0.1, -0.05) is 36.9 Å². The summed E-state index contributed by atoms with van der Waals surface area (Å²) in [6.45, 7) is 3.67. The molecule has 1 aromatic rings. The molecule has 0 saturated heterocycles. The maximum atomic E-state index is 11.7. The van der Waals surface area contributed by atoms with Gasteiger partial charge in [-0.25, -0.2) is 0 Å². The lowest BCUT2D eigenvalue weighted by Gasteiger charge is -2.25. The molecule has 3 heteroatoms. The Bertz CT molecular complexity index is 335. The number of likely N-dealkylation sites (N-methyl/N-ethyl adjacent to an activating group) is 2. The Labute approximate surface area is 90.4 Å². The maximum absolute atomic E-state index is 11.7. The van der Waals surface area contributed by atoms with Crippen molar-refractivity contribution in [3.8, 4) is 0 Å². The highest BCUT2D eigenvalue weighted by Gasteiger charge is 2.21. The molecule has 0 aliphatic carbocycles. The Morgan fingerprint density at radius 3 is 2.53 bits per heavy atom. The van der Waals surface area contributed by atoms with Gasteiger partial charge in [-0.2, -0.15) is 0 Å². The third kappa shape index (κ3) is 2.59. The number of nitrogens with zero attached hydrogens (tertiary/aromatic N) is 1. The Morgan fingerprint density at radius 2 is 2.07 bits per heavy atom. The second-order valence-corrected chi connectivity index (χ2v) is 3.28. The molecule has 15 heavy (non-hydrogen) atoms. The summed E-state index contributed by atoms with van der Waals surface area (Å²) < 4.78 is 0. The Balaban J connectivity index is 3.01. The van der Waals surface area contributed by atoms with E-state index in [1.807, 2.05) is 37.4 Å². The van der Waals surface area contributed by atoms with Crippen molar-refractivity contribution in [1.29, 1.82) is 0 Å². The SMILES string of the molecule is C=CN(C)C(C(=O)NC)c1ccccc1. The smallest absolute Gasteiger partial charge is 0.247 e. The van der Waals surface area contributed by atoms with E-state index >= 15 is 0 Å². The summed E-state index contributed by atoms with van der Waals surface area (Å²) >= 11 is 0. The first-order valence-electron chi connectivity index (χ1n) is 4.81. The normalized spacial score (nSPS) is 11.6. The molecule has 1 atom stereocenters. The first kappa shape index (κ1) is 11.3. The lowest BCUT2D eigenvalue weighted by atomic mass is 10.1. The fourth-order valence-electron chi connectivity index (χ4n) is 1.45. The Morgan fingerprint density at radius 1 is 1.47 bits per heavy atom. The largest absolute Gasteiger partial charge is 0.366 e. The van der Waals surface area contributed by atoms with Crippen LogP contribution in [0.25, 0.3) is 0 Å². The summed E-state index contributed by atoms with van der Waals surface area (Å²) in [6.07, 6.45) is 1.65. The van der Waals surface area contributed by atoms with Crippen LogP contribution in [0.3, 0.4) is 0 Å². The molecule has 0 heterocycles. The summed E-state index contributed by atoms with van der Waals surface area (Å²) in [4.78, 5) is 13.5. The van der Waals surface area contributed by atoms with E-state index in [4.69, 9.17) is 0 Å². The Hall–Kier alpha value is -1.77. The highest BCUT2D eigenvalue weighted by molar-refractivity contribution is 5.83. The van der Waals surface area contributed by atoms with Gasteiger partial charge in [0.25, 0.3) is 0 Å². The minimum absolute atomic E-state index is 0.0383. The molecule has 1 aromatic carbocycles. The van der Waals surface area contributed by atoms with Crippen LogP contribution in [-0.2, 0) is 4.79 Å². The van der Waals surface area contributed by atoms with Crippen LogP contribution in [-0.4, -0.2) is 24.9 Å². The summed E-state index contributed by atoms with van der Waals surface area (Å²) in [6, 6.07) is 9.32. The van der Waals surface area contributed by atoms with E-state index < -0.39 is 0 Å². The minimum atomic E-state index is -0.311. The molecule has 3 nitrogen and oxygen atoms in total. The fourth-order valence-corrected chi connectivity index (χ4v) is 1.45. The number of nitrogens with one attached hydrogen (secondary N) is 1. The average molecular weight is 204 g/mol. The number of benzene rings is 1. The van der Waals surface area contributed by atoms with Gasteiger partial charge in [0.15, 0.2) is 0 Å². The first-order valence-corrected chi connectivity index (χ1v) is 4.81. The number of hydrogen-bond donors (Lipinski definition) is 1. The molecule has 0 aliphatic rings. The zero-order chi connectivity index (χ0) is 11.3. The predicted molar refractivity (Wildman–Crippen MR) is 61.2 cm³/mol. The van der Waals surface area contributed by atoms with Crippen molar-refractivity contribution in [2.75, 3.05) is 14.1 Å². The summed E-state index contributed by atoms with van der Waals surface area (Å²) in [5, 5.41) is 2.65. The number of carbonyl (C=O) groups excluding carboxylic acids is 1. The summed E-state index contributed by atoms with van der Waals surface area (Å²) in [5.74, 6) is -0.0383. The zero-order valence-corrected chi connectivity index (χ0v) is 9.10. The topological polar surface area (TPSA) is 32.3 Å². The molecule has 0 fully saturated rings. The van der Waals surface area contributed by atoms with Crippen LogP contribution in [0.5, 0.6) is 0 Å². The van der Waals surface area contributed by atoms with Gasteiger partial charge in [-0.3, -0.25) is 4.79 Å². The van der Waals surface area contributed by atoms with Crippen LogP contribution in [0, 0.1) is 0 Å². The fraction of sp³-hybridized carbons (Fsp3) is 0.250. The molecule has 1 unspecified atom stereocenters. The molecule has 0 aromatic heterocycles. The molecular weight excluding hydrogens is 188 g/mol. The van der Waals surface area contributed by atoms with Gasteiger partial charge in [0.05, 0.1) is 0 Å². The van der Waals surface area contributed by atoms with Gasteiger partial charge in [-0.15, -0.1) is 0 Å². The van der Waals surface area contributed by atoms with Gasteiger partial charge in [0, 0.05) is 14.1 Å². The van der Waals surface area contributed by atoms with Crippen LogP contribution >= 0.6 is 0 Å². The maximum Gasteiger partial charge on any atom is 0.247 e. The second-order valence-electron chi connectivity index (χ2n) is 3.28. The zero-order valence-electron chi connectivity index (χ0n) is 9.10. The van der Waals surface area contributed by atoms with E-state index in [1.165, 1.54) is 0 Å². The molecule has 0 radical (unpaired) electrons. The summed E-state index contributed by atoms with van der Waals surface area (Å²) in [7, 11) is 3.47. The van der Waals surface area contributed by atoms with Crippen LogP contribution in [0.15, 0.2) is 43.1 Å². The van der Waals surface area contributed by atoms with Crippen molar-refractivity contribution in [2.45, 2.75) is 6.04 Å². The Kier molecular flexibility index (Phi) is 3.92. The van der Waals surface area contributed by atoms with E-state index in [9.17, 15) is 4.79 Å². The van der Waals surface area contributed by atoms with Crippen LogP contribution in [0.1, 0.15) is 11.6 Å². The van der Waals surface area contributed by atoms with Gasteiger partial charge in [0.1, 0.15) is 6.04 Å². The van der Waals surface area contributed by atoms with E-state index in [0.29, 0.717) is 0 Å². The van der Waals surface area contributed by atoms with Crippen molar-refractivity contribution in [3.63, 3.8) is 0 Å². The third-order valence-corrected chi connectivity index (χ3v) is 2.31. The number of amides is 1. The van der Waals surface area contributed by atoms with Gasteiger partial charge in [0.2, 0.25) is 5.91 Å². The lowest BCUT2D eigenvalue weighted by Crippen LogP contribution is -2.34. The first-order chi connectivity index (χ1) is 7.20. The van der Waals surface area contributed by atoms with Crippen molar-refractivity contribution in [2.24, 2.45) is 0 Å². The lowest BCUT2D eigenvalue weighted by molar-refractivity contribution is -0.124. The number of carbonyl (C=O) groups is 1. The standard InChI is InChI=1S/C12H16N2O/c1-4-14(3)11(12(15)13-2)10-8-6-5-7-9-10/h4-9,11H,1H2,2-3H3,(H,13,15). The van der Waals surface area contributed by atoms with Gasteiger partial charge >= 0.3 is 0 Å². The van der Waals surface area contributed by atoms with E-state index in [0.717, 1.165) is 5.56 Å². The van der Waals surface area contributed by atoms with Crippen molar-refractivity contribution >= 4 is 5.91 Å². The predicted octanol–water partition coefficient (Wildman–Crippen LogP) is 1.55. The van der Waals surface area contributed by atoms with Crippen molar-refractivity contribution in [1.82, 2.24) is 10.2 Å². The van der Waals surface area contributed by atoms with E-state index in [-0.39, 0.29) is 11.9 Å². The van der Waals surface area contributed by atoms with E-state index in [2.05, 4.69) is 11.9 Å². The van der Waals surface area contributed by atoms with Gasteiger partial charge in [-0.05, 0) is 11.8 Å². The molecule has 0 bridgehead atoms.